The van der Waals surface area contributed by atoms with E-state index in [-0.39, 0.29) is 5.41 Å². The summed E-state index contributed by atoms with van der Waals surface area (Å²) in [5.74, 6) is 1.66. The minimum atomic E-state index is 0.230. The normalized spacial score (nSPS) is 26.5. The van der Waals surface area contributed by atoms with E-state index in [4.69, 9.17) is 0 Å². The van der Waals surface area contributed by atoms with Crippen LogP contribution in [-0.2, 0) is 5.41 Å². The van der Waals surface area contributed by atoms with Crippen LogP contribution in [0.2, 0.25) is 0 Å². The molecule has 1 aromatic heterocycles. The van der Waals surface area contributed by atoms with Gasteiger partial charge in [0.05, 0.1) is 13.1 Å². The largest absolute Gasteiger partial charge is 0.298 e. The molecule has 2 aliphatic rings. The van der Waals surface area contributed by atoms with Crippen molar-refractivity contribution in [2.24, 2.45) is 11.8 Å². The zero-order valence-electron chi connectivity index (χ0n) is 15.1. The summed E-state index contributed by atoms with van der Waals surface area (Å²) in [6.07, 6.45) is 4.48. The molecular formula is C19H32N3+. The van der Waals surface area contributed by atoms with E-state index in [2.05, 4.69) is 80.7 Å². The SMILES string of the molecule is CC(C)(C)c1cc[n+](N2CC3CN(C(C)(C)C)CC3C2)cc1. The number of rotatable bonds is 1. The van der Waals surface area contributed by atoms with Crippen LogP contribution in [0.1, 0.15) is 47.1 Å². The Morgan fingerprint density at radius 2 is 1.36 bits per heavy atom. The molecule has 2 atom stereocenters. The second-order valence-corrected chi connectivity index (χ2v) is 9.18. The highest BCUT2D eigenvalue weighted by atomic mass is 15.6. The maximum absolute atomic E-state index is 2.66. The first-order chi connectivity index (χ1) is 10.1. The molecule has 3 nitrogen and oxygen atoms in total. The van der Waals surface area contributed by atoms with E-state index in [9.17, 15) is 0 Å². The summed E-state index contributed by atoms with van der Waals surface area (Å²) in [6.45, 7) is 18.7. The van der Waals surface area contributed by atoms with Gasteiger partial charge in [0.15, 0.2) is 12.4 Å². The third kappa shape index (κ3) is 3.01. The van der Waals surface area contributed by atoms with Crippen LogP contribution in [0.15, 0.2) is 24.5 Å². The maximum Gasteiger partial charge on any atom is 0.199 e. The molecule has 3 heteroatoms. The van der Waals surface area contributed by atoms with Crippen molar-refractivity contribution in [2.75, 3.05) is 31.2 Å². The first kappa shape index (κ1) is 15.8. The summed E-state index contributed by atoms with van der Waals surface area (Å²) in [6, 6.07) is 4.55. The molecule has 3 rings (SSSR count). The third-order valence-electron chi connectivity index (χ3n) is 5.42. The van der Waals surface area contributed by atoms with Gasteiger partial charge in [-0.25, -0.2) is 0 Å². The summed E-state index contributed by atoms with van der Waals surface area (Å²) in [7, 11) is 0. The highest BCUT2D eigenvalue weighted by Crippen LogP contribution is 2.33. The van der Waals surface area contributed by atoms with Gasteiger partial charge in [0.1, 0.15) is 0 Å². The maximum atomic E-state index is 2.66. The molecule has 0 aliphatic carbocycles. The summed E-state index contributed by atoms with van der Waals surface area (Å²) in [4.78, 5) is 2.66. The van der Waals surface area contributed by atoms with Gasteiger partial charge in [0.25, 0.3) is 0 Å². The van der Waals surface area contributed by atoms with Crippen molar-refractivity contribution in [2.45, 2.75) is 52.5 Å². The summed E-state index contributed by atoms with van der Waals surface area (Å²) >= 11 is 0. The van der Waals surface area contributed by atoms with Crippen molar-refractivity contribution in [1.29, 1.82) is 0 Å². The molecule has 0 aromatic carbocycles. The summed E-state index contributed by atoms with van der Waals surface area (Å²) in [5.41, 5.74) is 1.95. The van der Waals surface area contributed by atoms with Crippen molar-refractivity contribution in [3.05, 3.63) is 30.1 Å². The lowest BCUT2D eigenvalue weighted by Gasteiger charge is -2.32. The van der Waals surface area contributed by atoms with Gasteiger partial charge in [0.2, 0.25) is 0 Å². The highest BCUT2D eigenvalue weighted by Gasteiger charge is 2.45. The van der Waals surface area contributed by atoms with Crippen LogP contribution >= 0.6 is 0 Å². The number of pyridine rings is 1. The van der Waals surface area contributed by atoms with Crippen molar-refractivity contribution >= 4 is 0 Å². The fourth-order valence-corrected chi connectivity index (χ4v) is 3.81. The predicted octanol–water partition coefficient (Wildman–Crippen LogP) is 2.57. The van der Waals surface area contributed by atoms with Gasteiger partial charge in [-0.15, -0.1) is 0 Å². The Bertz CT molecular complexity index is 507. The molecule has 3 heterocycles. The number of likely N-dealkylation sites (tertiary alicyclic amines) is 1. The Balaban J connectivity index is 1.66. The van der Waals surface area contributed by atoms with Crippen LogP contribution in [0.3, 0.4) is 0 Å². The van der Waals surface area contributed by atoms with Crippen molar-refractivity contribution in [3.8, 4) is 0 Å². The Labute approximate surface area is 135 Å². The average molecular weight is 302 g/mol. The lowest BCUT2D eigenvalue weighted by atomic mass is 9.88. The number of aromatic nitrogens is 1. The van der Waals surface area contributed by atoms with Crippen molar-refractivity contribution in [1.82, 2.24) is 4.90 Å². The molecule has 0 bridgehead atoms. The monoisotopic (exact) mass is 302 g/mol. The van der Waals surface area contributed by atoms with Crippen molar-refractivity contribution < 1.29 is 4.68 Å². The first-order valence-electron chi connectivity index (χ1n) is 8.67. The molecule has 0 radical (unpaired) electrons. The molecule has 0 spiro atoms. The van der Waals surface area contributed by atoms with Gasteiger partial charge in [0, 0.05) is 42.6 Å². The van der Waals surface area contributed by atoms with Crippen LogP contribution < -0.4 is 9.69 Å². The van der Waals surface area contributed by atoms with E-state index in [0.29, 0.717) is 5.54 Å². The van der Waals surface area contributed by atoms with Crippen LogP contribution in [0.4, 0.5) is 0 Å². The zero-order valence-corrected chi connectivity index (χ0v) is 15.1. The number of nitrogens with zero attached hydrogens (tertiary/aromatic N) is 3. The number of hydrogen-bond donors (Lipinski definition) is 0. The molecule has 2 saturated heterocycles. The molecule has 2 fully saturated rings. The molecular weight excluding hydrogens is 270 g/mol. The molecule has 0 N–H and O–H groups in total. The van der Waals surface area contributed by atoms with Gasteiger partial charge in [-0.2, -0.15) is 5.01 Å². The lowest BCUT2D eigenvalue weighted by Crippen LogP contribution is -2.57. The Hall–Kier alpha value is -1.09. The topological polar surface area (TPSA) is 10.4 Å². The fraction of sp³-hybridized carbons (Fsp3) is 0.737. The van der Waals surface area contributed by atoms with E-state index in [1.54, 1.807) is 0 Å². The summed E-state index contributed by atoms with van der Waals surface area (Å²) < 4.78 is 2.30. The van der Waals surface area contributed by atoms with Gasteiger partial charge < -0.3 is 0 Å². The Kier molecular flexibility index (Phi) is 3.75. The molecule has 0 amide bonds. The zero-order chi connectivity index (χ0) is 16.1. The summed E-state index contributed by atoms with van der Waals surface area (Å²) in [5, 5.41) is 2.52. The minimum Gasteiger partial charge on any atom is -0.298 e. The predicted molar refractivity (Wildman–Crippen MR) is 91.6 cm³/mol. The van der Waals surface area contributed by atoms with Gasteiger partial charge in [-0.3, -0.25) is 4.90 Å². The van der Waals surface area contributed by atoms with E-state index < -0.39 is 0 Å². The molecule has 0 saturated carbocycles. The number of hydrogen-bond acceptors (Lipinski definition) is 2. The first-order valence-corrected chi connectivity index (χ1v) is 8.67. The van der Waals surface area contributed by atoms with E-state index in [0.717, 1.165) is 11.8 Å². The van der Waals surface area contributed by atoms with Crippen LogP contribution in [0.5, 0.6) is 0 Å². The van der Waals surface area contributed by atoms with Gasteiger partial charge in [-0.1, -0.05) is 25.4 Å². The molecule has 2 aliphatic heterocycles. The van der Waals surface area contributed by atoms with Gasteiger partial charge >= 0.3 is 0 Å². The molecule has 2 unspecified atom stereocenters. The van der Waals surface area contributed by atoms with Crippen molar-refractivity contribution in [3.63, 3.8) is 0 Å². The minimum absolute atomic E-state index is 0.230. The number of fused-ring (bicyclic) bond motifs is 1. The average Bonchev–Trinajstić information content (AvgIpc) is 2.95. The second kappa shape index (κ2) is 5.23. The smallest absolute Gasteiger partial charge is 0.199 e. The van der Waals surface area contributed by atoms with Crippen LogP contribution in [-0.4, -0.2) is 36.6 Å². The molecule has 22 heavy (non-hydrogen) atoms. The van der Waals surface area contributed by atoms with Crippen LogP contribution in [0.25, 0.3) is 0 Å². The fourth-order valence-electron chi connectivity index (χ4n) is 3.81. The highest BCUT2D eigenvalue weighted by molar-refractivity contribution is 5.17. The Morgan fingerprint density at radius 3 is 1.77 bits per heavy atom. The van der Waals surface area contributed by atoms with E-state index in [1.165, 1.54) is 31.7 Å². The van der Waals surface area contributed by atoms with E-state index in [1.807, 2.05) is 0 Å². The molecule has 122 valence electrons. The quantitative estimate of drug-likeness (QED) is 0.738. The van der Waals surface area contributed by atoms with Crippen LogP contribution in [0, 0.1) is 11.8 Å². The van der Waals surface area contributed by atoms with Gasteiger partial charge in [-0.05, 0) is 31.7 Å². The Morgan fingerprint density at radius 1 is 0.864 bits per heavy atom. The molecule has 1 aromatic rings. The van der Waals surface area contributed by atoms with E-state index >= 15 is 0 Å². The third-order valence-corrected chi connectivity index (χ3v) is 5.42. The second-order valence-electron chi connectivity index (χ2n) is 9.18. The lowest BCUT2D eigenvalue weighted by molar-refractivity contribution is -0.692. The standard InChI is InChI=1S/C19H32N3/c1-18(2,3)17-7-9-21(10-8-17)22-13-15-11-20(19(4,5)6)12-16(15)14-22/h7-10,15-16H,11-14H2,1-6H3/q+1.